The summed E-state index contributed by atoms with van der Waals surface area (Å²) in [7, 11) is -3.49. The van der Waals surface area contributed by atoms with Crippen molar-refractivity contribution in [3.63, 3.8) is 0 Å². The third kappa shape index (κ3) is 6.54. The third-order valence-electron chi connectivity index (χ3n) is 5.77. The van der Waals surface area contributed by atoms with E-state index in [-0.39, 0.29) is 55.7 Å². The first-order valence-corrected chi connectivity index (χ1v) is 10.9. The van der Waals surface area contributed by atoms with Crippen molar-refractivity contribution in [2.24, 2.45) is 17.8 Å². The van der Waals surface area contributed by atoms with Gasteiger partial charge in [0.1, 0.15) is 0 Å². The van der Waals surface area contributed by atoms with Gasteiger partial charge in [-0.05, 0) is 68.4 Å². The van der Waals surface area contributed by atoms with Crippen LogP contribution in [0.25, 0.3) is 0 Å². The van der Waals surface area contributed by atoms with Crippen LogP contribution >= 0.6 is 0 Å². The van der Waals surface area contributed by atoms with E-state index in [4.69, 9.17) is 5.11 Å². The molecule has 154 valence electrons. The summed E-state index contributed by atoms with van der Waals surface area (Å²) in [6, 6.07) is 8.57. The summed E-state index contributed by atoms with van der Waals surface area (Å²) in [5.74, 6) is 0.598. The normalized spacial score (nSPS) is 26.0. The van der Waals surface area contributed by atoms with Crippen molar-refractivity contribution in [1.29, 1.82) is 0 Å². The monoisotopic (exact) mass is 437 g/mol. The number of aliphatic carboxylic acids is 1. The van der Waals surface area contributed by atoms with Crippen LogP contribution in [0.1, 0.15) is 44.9 Å². The Morgan fingerprint density at radius 2 is 1.82 bits per heavy atom. The third-order valence-corrected chi connectivity index (χ3v) is 7.24. The Morgan fingerprint density at radius 1 is 1.14 bits per heavy atom. The minimum absolute atomic E-state index is 0. The van der Waals surface area contributed by atoms with Crippen molar-refractivity contribution in [2.45, 2.75) is 55.9 Å². The molecule has 0 aliphatic heterocycles. The van der Waals surface area contributed by atoms with E-state index in [1.54, 1.807) is 24.3 Å². The fourth-order valence-electron chi connectivity index (χ4n) is 4.52. The molecule has 4 N–H and O–H groups in total. The van der Waals surface area contributed by atoms with Crippen molar-refractivity contribution in [1.82, 2.24) is 4.72 Å². The van der Waals surface area contributed by atoms with Gasteiger partial charge in [0.25, 0.3) is 0 Å². The van der Waals surface area contributed by atoms with Crippen molar-refractivity contribution < 1.29 is 23.8 Å². The Labute approximate surface area is 197 Å². The molecule has 2 bridgehead atoms. The summed E-state index contributed by atoms with van der Waals surface area (Å²) in [5, 5.41) is 8.66. The number of carboxylic acid groups (broad SMARTS) is 1. The van der Waals surface area contributed by atoms with Crippen LogP contribution in [-0.2, 0) is 14.8 Å². The Balaban J connectivity index is 0.00000196. The zero-order chi connectivity index (χ0) is 18.6. The molecule has 3 rings (SSSR count). The number of benzene rings is 1. The molecule has 1 aromatic carbocycles. The number of carbonyl (C=O) groups is 1. The van der Waals surface area contributed by atoms with Gasteiger partial charge in [-0.3, -0.25) is 4.79 Å². The van der Waals surface area contributed by atoms with E-state index < -0.39 is 16.0 Å². The Morgan fingerprint density at radius 3 is 2.50 bits per heavy atom. The van der Waals surface area contributed by atoms with Crippen LogP contribution in [0.4, 0.5) is 0 Å². The van der Waals surface area contributed by atoms with E-state index in [2.05, 4.69) is 10.8 Å². The topological polar surface area (TPSA) is 115 Å². The molecule has 4 atom stereocenters. The number of hydrogen-bond acceptors (Lipinski definition) is 3. The first kappa shape index (κ1) is 25.6. The minimum atomic E-state index is -3.49. The second-order valence-electron chi connectivity index (χ2n) is 7.45. The Hall–Kier alpha value is -0.440. The molecular weight excluding hydrogens is 406 g/mol. The van der Waals surface area contributed by atoms with Gasteiger partial charge in [0.2, 0.25) is 10.0 Å². The Bertz CT molecular complexity index is 753. The maximum atomic E-state index is 12.7. The first-order valence-electron chi connectivity index (χ1n) is 9.41. The van der Waals surface area contributed by atoms with Crippen LogP contribution in [0, 0.1) is 17.8 Å². The number of rotatable bonds is 9. The van der Waals surface area contributed by atoms with Crippen LogP contribution in [0.3, 0.4) is 0 Å². The molecule has 0 spiro atoms. The average Bonchev–Trinajstić information content (AvgIpc) is 3.20. The van der Waals surface area contributed by atoms with Crippen molar-refractivity contribution >= 4 is 53.7 Å². The number of hydrogen-bond donors (Lipinski definition) is 2. The standard InChI is InChI=1S/C20H27NO4S.Ca.H2O.2H/c22-19(23)11-7-2-1-6-10-18-15-12-13-16(14-15)20(18)21-26(24,25)17-8-4-3-5-9-17;;;;/h1,3-6,8-9,15-16,18,20-21H,2,7,10-14H2,(H,22,23);;1H2;;/b6-1-;;;;/t15-,16+,18+,20+;;;;/m1..../s1. The first-order chi connectivity index (χ1) is 12.5. The summed E-state index contributed by atoms with van der Waals surface area (Å²) in [4.78, 5) is 10.9. The van der Waals surface area contributed by atoms with E-state index in [1.807, 2.05) is 12.1 Å². The van der Waals surface area contributed by atoms with E-state index >= 15 is 0 Å². The summed E-state index contributed by atoms with van der Waals surface area (Å²) in [5.41, 5.74) is 0. The number of fused-ring (bicyclic) bond motifs is 2. The van der Waals surface area contributed by atoms with Crippen molar-refractivity contribution in [3.05, 3.63) is 42.5 Å². The van der Waals surface area contributed by atoms with Gasteiger partial charge in [0, 0.05) is 12.5 Å². The van der Waals surface area contributed by atoms with Crippen LogP contribution in [-0.4, -0.2) is 68.7 Å². The molecule has 0 radical (unpaired) electrons. The summed E-state index contributed by atoms with van der Waals surface area (Å²) in [6.45, 7) is 0. The number of unbranched alkanes of at least 4 members (excludes halogenated alkanes) is 1. The molecular formula is C20H31CaNO5S. The van der Waals surface area contributed by atoms with Crippen molar-refractivity contribution in [2.75, 3.05) is 0 Å². The van der Waals surface area contributed by atoms with Gasteiger partial charge in [0.15, 0.2) is 0 Å². The molecule has 0 heterocycles. The molecule has 0 saturated heterocycles. The molecule has 2 aliphatic carbocycles. The zero-order valence-electron chi connectivity index (χ0n) is 15.4. The molecule has 8 heteroatoms. The predicted octanol–water partition coefficient (Wildman–Crippen LogP) is 1.84. The van der Waals surface area contributed by atoms with Crippen LogP contribution in [0.2, 0.25) is 0 Å². The molecule has 28 heavy (non-hydrogen) atoms. The number of sulfonamides is 1. The number of carboxylic acids is 1. The van der Waals surface area contributed by atoms with E-state index in [9.17, 15) is 13.2 Å². The molecule has 2 saturated carbocycles. The summed E-state index contributed by atoms with van der Waals surface area (Å²) < 4.78 is 28.4. The zero-order valence-corrected chi connectivity index (χ0v) is 16.2. The molecule has 0 unspecified atom stereocenters. The summed E-state index contributed by atoms with van der Waals surface area (Å²) in [6.07, 6.45) is 10.00. The van der Waals surface area contributed by atoms with Gasteiger partial charge >= 0.3 is 43.7 Å². The second kappa shape index (κ2) is 11.7. The fourth-order valence-corrected chi connectivity index (χ4v) is 5.90. The van der Waals surface area contributed by atoms with E-state index in [1.165, 1.54) is 6.42 Å². The maximum absolute atomic E-state index is 12.7. The number of allylic oxidation sites excluding steroid dienone is 2. The quantitative estimate of drug-likeness (QED) is 0.348. The fraction of sp³-hybridized carbons (Fsp3) is 0.550. The van der Waals surface area contributed by atoms with Crippen molar-refractivity contribution in [3.8, 4) is 0 Å². The van der Waals surface area contributed by atoms with Gasteiger partial charge in [-0.25, -0.2) is 13.1 Å². The van der Waals surface area contributed by atoms with E-state index in [0.29, 0.717) is 29.1 Å². The predicted molar refractivity (Wildman–Crippen MR) is 112 cm³/mol. The second-order valence-corrected chi connectivity index (χ2v) is 9.16. The van der Waals surface area contributed by atoms with Crippen LogP contribution in [0.15, 0.2) is 47.4 Å². The van der Waals surface area contributed by atoms with Gasteiger partial charge in [-0.2, -0.15) is 0 Å². The average molecular weight is 438 g/mol. The van der Waals surface area contributed by atoms with Gasteiger partial charge in [0.05, 0.1) is 4.90 Å². The molecule has 6 nitrogen and oxygen atoms in total. The van der Waals surface area contributed by atoms with E-state index in [0.717, 1.165) is 25.7 Å². The SMILES string of the molecule is O.O=C(O)CCC/C=C\C[C@H]1[C@@H]2CC[C@@H](C2)[C@@H]1NS(=O)(=O)c1ccccc1.[CaH2]. The molecule has 0 amide bonds. The van der Waals surface area contributed by atoms with Gasteiger partial charge in [-0.15, -0.1) is 0 Å². The van der Waals surface area contributed by atoms with Crippen LogP contribution in [0.5, 0.6) is 0 Å². The molecule has 0 aromatic heterocycles. The van der Waals surface area contributed by atoms with Gasteiger partial charge < -0.3 is 10.6 Å². The van der Waals surface area contributed by atoms with Crippen LogP contribution < -0.4 is 4.72 Å². The van der Waals surface area contributed by atoms with Gasteiger partial charge in [-0.1, -0.05) is 30.4 Å². The number of nitrogens with one attached hydrogen (secondary N) is 1. The Kier molecular flexibility index (Phi) is 10.7. The molecule has 2 fully saturated rings. The summed E-state index contributed by atoms with van der Waals surface area (Å²) >= 11 is 0. The molecule has 1 aromatic rings. The molecule has 2 aliphatic rings.